The Morgan fingerprint density at radius 1 is 0.659 bits per heavy atom. The van der Waals surface area contributed by atoms with Gasteiger partial charge in [0.25, 0.3) is 0 Å². The average molecular weight is 617 g/mol. The van der Waals surface area contributed by atoms with Crippen LogP contribution in [0.15, 0.2) is 35.7 Å². The van der Waals surface area contributed by atoms with Crippen molar-refractivity contribution in [3.05, 3.63) is 35.7 Å². The molecule has 3 saturated heterocycles. The predicted molar refractivity (Wildman–Crippen MR) is 160 cm³/mol. The zero-order valence-electron chi connectivity index (χ0n) is 25.5. The van der Waals surface area contributed by atoms with E-state index in [0.717, 1.165) is 57.9 Å². The van der Waals surface area contributed by atoms with E-state index < -0.39 is 23.9 Å². The Labute approximate surface area is 258 Å². The lowest BCUT2D eigenvalue weighted by Gasteiger charge is -2.27. The van der Waals surface area contributed by atoms with Crippen LogP contribution in [-0.2, 0) is 19.2 Å². The van der Waals surface area contributed by atoms with Crippen molar-refractivity contribution in [1.29, 1.82) is 10.5 Å². The number of aliphatic carboxylic acids is 4. The van der Waals surface area contributed by atoms with Gasteiger partial charge in [0.1, 0.15) is 18.0 Å². The molecule has 14 nitrogen and oxygen atoms in total. The van der Waals surface area contributed by atoms with Gasteiger partial charge in [0, 0.05) is 75.7 Å². The number of carbonyl (C=O) groups is 4. The SMILES string of the molecule is C[C@@H]1CCCN1CCCN1CCN(CCCN2CCC[C@H]2C)C1=C(C#N)C#N.O=C(O)/C=C/C(=O)O.O=C(O)/C=C/C(=O)O. The summed E-state index contributed by atoms with van der Waals surface area (Å²) in [6.45, 7) is 13.0. The molecular formula is C30H44N6O8. The molecule has 3 fully saturated rings. The minimum Gasteiger partial charge on any atom is -0.478 e. The first-order valence-corrected chi connectivity index (χ1v) is 14.7. The van der Waals surface area contributed by atoms with Crippen molar-refractivity contribution in [3.8, 4) is 12.1 Å². The summed E-state index contributed by atoms with van der Waals surface area (Å²) >= 11 is 0. The molecule has 3 heterocycles. The lowest BCUT2D eigenvalue weighted by molar-refractivity contribution is -0.134. The minimum absolute atomic E-state index is 0.279. The molecule has 0 aliphatic carbocycles. The van der Waals surface area contributed by atoms with Gasteiger partial charge in [-0.3, -0.25) is 0 Å². The summed E-state index contributed by atoms with van der Waals surface area (Å²) in [5, 5.41) is 50.2. The van der Waals surface area contributed by atoms with Crippen LogP contribution in [-0.4, -0.2) is 128 Å². The van der Waals surface area contributed by atoms with Crippen LogP contribution in [0.2, 0.25) is 0 Å². The Kier molecular flexibility index (Phi) is 17.5. The van der Waals surface area contributed by atoms with Crippen molar-refractivity contribution >= 4 is 23.9 Å². The van der Waals surface area contributed by atoms with Gasteiger partial charge in [-0.2, -0.15) is 10.5 Å². The third-order valence-electron chi connectivity index (χ3n) is 7.55. The van der Waals surface area contributed by atoms with Crippen molar-refractivity contribution in [2.45, 2.75) is 64.5 Å². The normalized spacial score (nSPS) is 20.0. The topological polar surface area (TPSA) is 210 Å². The molecule has 0 aromatic heterocycles. The maximum atomic E-state index is 9.55. The van der Waals surface area contributed by atoms with Crippen LogP contribution in [0.1, 0.15) is 52.4 Å². The van der Waals surface area contributed by atoms with Crippen LogP contribution in [0.5, 0.6) is 0 Å². The predicted octanol–water partition coefficient (Wildman–Crippen LogP) is 2.04. The van der Waals surface area contributed by atoms with Crippen LogP contribution < -0.4 is 0 Å². The molecule has 2 atom stereocenters. The molecular weight excluding hydrogens is 572 g/mol. The number of hydrogen-bond donors (Lipinski definition) is 4. The van der Waals surface area contributed by atoms with Crippen LogP contribution in [0.25, 0.3) is 0 Å². The lowest BCUT2D eigenvalue weighted by atomic mass is 10.2. The van der Waals surface area contributed by atoms with Crippen LogP contribution in [0.3, 0.4) is 0 Å². The molecule has 0 aromatic rings. The summed E-state index contributed by atoms with van der Waals surface area (Å²) in [5.74, 6) is -4.14. The van der Waals surface area contributed by atoms with Crippen molar-refractivity contribution in [1.82, 2.24) is 19.6 Å². The number of carboxylic acids is 4. The molecule has 44 heavy (non-hydrogen) atoms. The molecule has 3 rings (SSSR count). The standard InChI is InChI=1S/C22H36N6.2C4H4O4/c1-19-7-3-9-25(19)11-5-13-27-15-16-28(22(27)21(17-23)18-24)14-6-12-26-10-4-8-20(26)2;2*5-3(6)1-2-4(7)8/h19-20H,3-16H2,1-2H3;2*1-2H,(H,5,6)(H,7,8)/b;2*2-1+/t19-,20-;;/m1../s1. The highest BCUT2D eigenvalue weighted by atomic mass is 16.4. The van der Waals surface area contributed by atoms with Crippen molar-refractivity contribution in [3.63, 3.8) is 0 Å². The first-order valence-electron chi connectivity index (χ1n) is 14.7. The van der Waals surface area contributed by atoms with E-state index in [4.69, 9.17) is 20.4 Å². The number of nitriles is 2. The first kappa shape index (κ1) is 37.6. The molecule has 0 bridgehead atoms. The summed E-state index contributed by atoms with van der Waals surface area (Å²) in [7, 11) is 0. The zero-order chi connectivity index (χ0) is 33.1. The second-order valence-corrected chi connectivity index (χ2v) is 10.7. The second kappa shape index (κ2) is 20.5. The fourth-order valence-electron chi connectivity index (χ4n) is 5.39. The molecule has 242 valence electrons. The molecule has 0 amide bonds. The van der Waals surface area contributed by atoms with Crippen molar-refractivity contribution in [2.24, 2.45) is 0 Å². The Morgan fingerprint density at radius 3 is 1.25 bits per heavy atom. The maximum absolute atomic E-state index is 9.55. The number of nitrogens with zero attached hydrogens (tertiary/aromatic N) is 6. The van der Waals surface area contributed by atoms with Gasteiger partial charge in [-0.25, -0.2) is 19.2 Å². The minimum atomic E-state index is -1.26. The summed E-state index contributed by atoms with van der Waals surface area (Å²) in [4.78, 5) is 47.9. The molecule has 0 spiro atoms. The highest BCUT2D eigenvalue weighted by Gasteiger charge is 2.29. The van der Waals surface area contributed by atoms with Gasteiger partial charge >= 0.3 is 23.9 Å². The second-order valence-electron chi connectivity index (χ2n) is 10.7. The van der Waals surface area contributed by atoms with Gasteiger partial charge in [0.2, 0.25) is 0 Å². The van der Waals surface area contributed by atoms with Gasteiger partial charge in [0.05, 0.1) is 0 Å². The van der Waals surface area contributed by atoms with E-state index in [-0.39, 0.29) is 5.57 Å². The van der Waals surface area contributed by atoms with E-state index >= 15 is 0 Å². The van der Waals surface area contributed by atoms with Gasteiger partial charge < -0.3 is 40.0 Å². The Hall–Kier alpha value is -4.40. The van der Waals surface area contributed by atoms with E-state index in [1.165, 1.54) is 38.8 Å². The summed E-state index contributed by atoms with van der Waals surface area (Å²) < 4.78 is 0. The molecule has 4 N–H and O–H groups in total. The largest absolute Gasteiger partial charge is 0.478 e. The lowest BCUT2D eigenvalue weighted by Crippen LogP contribution is -2.33. The summed E-state index contributed by atoms with van der Waals surface area (Å²) in [6, 6.07) is 5.69. The third-order valence-corrected chi connectivity index (χ3v) is 7.55. The Morgan fingerprint density at radius 2 is 1.00 bits per heavy atom. The number of hydrogen-bond acceptors (Lipinski definition) is 10. The van der Waals surface area contributed by atoms with E-state index in [2.05, 4.69) is 45.6 Å². The van der Waals surface area contributed by atoms with Crippen molar-refractivity contribution < 1.29 is 39.6 Å². The smallest absolute Gasteiger partial charge is 0.328 e. The highest BCUT2D eigenvalue weighted by Crippen LogP contribution is 2.24. The monoisotopic (exact) mass is 616 g/mol. The van der Waals surface area contributed by atoms with E-state index in [1.807, 2.05) is 0 Å². The molecule has 0 unspecified atom stereocenters. The van der Waals surface area contributed by atoms with Crippen LogP contribution >= 0.6 is 0 Å². The van der Waals surface area contributed by atoms with Gasteiger partial charge in [-0.1, -0.05) is 0 Å². The number of rotatable bonds is 12. The van der Waals surface area contributed by atoms with Gasteiger partial charge in [-0.05, 0) is 65.5 Å². The Balaban J connectivity index is 0.000000498. The number of carboxylic acid groups (broad SMARTS) is 4. The van der Waals surface area contributed by atoms with E-state index in [0.29, 0.717) is 36.4 Å². The fourth-order valence-corrected chi connectivity index (χ4v) is 5.39. The zero-order valence-corrected chi connectivity index (χ0v) is 25.5. The molecule has 14 heteroatoms. The number of likely N-dealkylation sites (tertiary alicyclic amines) is 2. The van der Waals surface area contributed by atoms with Crippen LogP contribution in [0.4, 0.5) is 0 Å². The summed E-state index contributed by atoms with van der Waals surface area (Å²) in [5.41, 5.74) is 0.279. The summed E-state index contributed by atoms with van der Waals surface area (Å²) in [6.07, 6.45) is 9.67. The maximum Gasteiger partial charge on any atom is 0.328 e. The fraction of sp³-hybridized carbons (Fsp3) is 0.600. The Bertz CT molecular complexity index is 1040. The molecule has 3 aliphatic rings. The average Bonchev–Trinajstić information content (AvgIpc) is 3.69. The van der Waals surface area contributed by atoms with E-state index in [9.17, 15) is 29.7 Å². The van der Waals surface area contributed by atoms with Crippen LogP contribution in [0, 0.1) is 22.7 Å². The van der Waals surface area contributed by atoms with E-state index in [1.54, 1.807) is 0 Å². The van der Waals surface area contributed by atoms with Gasteiger partial charge in [-0.15, -0.1) is 0 Å². The molecule has 0 saturated carbocycles. The third kappa shape index (κ3) is 14.7. The molecule has 0 aromatic carbocycles. The molecule has 0 radical (unpaired) electrons. The molecule has 3 aliphatic heterocycles. The first-order chi connectivity index (χ1) is 20.9. The number of allylic oxidation sites excluding steroid dienone is 1. The quantitative estimate of drug-likeness (QED) is 0.183. The highest BCUT2D eigenvalue weighted by molar-refractivity contribution is 5.90. The van der Waals surface area contributed by atoms with Crippen molar-refractivity contribution in [2.75, 3.05) is 52.4 Å². The van der Waals surface area contributed by atoms with Gasteiger partial charge in [0.15, 0.2) is 5.57 Å².